The van der Waals surface area contributed by atoms with Crippen molar-refractivity contribution in [2.45, 2.75) is 31.1 Å². The predicted molar refractivity (Wildman–Crippen MR) is 64.2 cm³/mol. The molecule has 0 aliphatic heterocycles. The Morgan fingerprint density at radius 3 is 2.47 bits per heavy atom. The Kier molecular flexibility index (Phi) is 3.85. The van der Waals surface area contributed by atoms with Crippen LogP contribution in [0.15, 0.2) is 24.5 Å². The zero-order valence-electron chi connectivity index (χ0n) is 9.12. The molecule has 1 aromatic heterocycles. The van der Waals surface area contributed by atoms with Crippen LogP contribution in [0, 0.1) is 0 Å². The quantitative estimate of drug-likeness (QED) is 0.857. The molecule has 4 heteroatoms. The second-order valence-electron chi connectivity index (χ2n) is 4.03. The van der Waals surface area contributed by atoms with E-state index in [4.69, 9.17) is 0 Å². The minimum atomic E-state index is -0.277. The summed E-state index contributed by atoms with van der Waals surface area (Å²) in [5, 5.41) is 2.96. The second-order valence-corrected chi connectivity index (χ2v) is 5.40. The van der Waals surface area contributed by atoms with E-state index >= 15 is 0 Å². The Balaban J connectivity index is 2.73. The molecular weight excluding hydrogens is 256 g/mol. The smallest absolute Gasteiger partial charge is 0.251 e. The summed E-state index contributed by atoms with van der Waals surface area (Å²) < 4.78 is 0. The van der Waals surface area contributed by atoms with Gasteiger partial charge >= 0.3 is 0 Å². The normalized spacial score (nSPS) is 13.3. The first-order chi connectivity index (χ1) is 6.93. The highest BCUT2D eigenvalue weighted by atomic mass is 79.9. The molecular formula is C11H15BrN2O. The van der Waals surface area contributed by atoms with Gasteiger partial charge in [-0.3, -0.25) is 9.78 Å². The third-order valence-electron chi connectivity index (χ3n) is 2.37. The fourth-order valence-electron chi connectivity index (χ4n) is 0.968. The van der Waals surface area contributed by atoms with Crippen molar-refractivity contribution in [3.05, 3.63) is 30.1 Å². The van der Waals surface area contributed by atoms with Gasteiger partial charge in [0.2, 0.25) is 0 Å². The number of pyridine rings is 1. The summed E-state index contributed by atoms with van der Waals surface area (Å²) in [5.41, 5.74) is 0.353. The van der Waals surface area contributed by atoms with Crippen molar-refractivity contribution in [1.29, 1.82) is 0 Å². The van der Waals surface area contributed by atoms with E-state index in [1.807, 2.05) is 20.8 Å². The van der Waals surface area contributed by atoms with Crippen LogP contribution in [0.3, 0.4) is 0 Å². The van der Waals surface area contributed by atoms with Gasteiger partial charge in [-0.15, -0.1) is 0 Å². The number of carbonyl (C=O) groups excluding carboxylic acids is 1. The maximum Gasteiger partial charge on any atom is 0.251 e. The highest BCUT2D eigenvalue weighted by molar-refractivity contribution is 9.09. The van der Waals surface area contributed by atoms with E-state index < -0.39 is 0 Å². The van der Waals surface area contributed by atoms with Gasteiger partial charge < -0.3 is 5.32 Å². The lowest BCUT2D eigenvalue weighted by molar-refractivity contribution is 0.0914. The van der Waals surface area contributed by atoms with Crippen LogP contribution in [-0.4, -0.2) is 21.3 Å². The van der Waals surface area contributed by atoms with E-state index in [0.717, 1.165) is 0 Å². The lowest BCUT2D eigenvalue weighted by Gasteiger charge is -2.29. The van der Waals surface area contributed by atoms with Crippen LogP contribution in [-0.2, 0) is 0 Å². The van der Waals surface area contributed by atoms with Crippen molar-refractivity contribution in [2.24, 2.45) is 0 Å². The summed E-state index contributed by atoms with van der Waals surface area (Å²) in [6.45, 7) is 5.96. The van der Waals surface area contributed by atoms with Gasteiger partial charge in [0.1, 0.15) is 0 Å². The molecule has 1 atom stereocenters. The summed E-state index contributed by atoms with van der Waals surface area (Å²) in [5.74, 6) is -0.0753. The highest BCUT2D eigenvalue weighted by Gasteiger charge is 2.25. The van der Waals surface area contributed by atoms with Crippen molar-refractivity contribution in [1.82, 2.24) is 10.3 Å². The maximum absolute atomic E-state index is 11.8. The number of rotatable bonds is 3. The number of alkyl halides is 1. The van der Waals surface area contributed by atoms with Crippen LogP contribution in [0.5, 0.6) is 0 Å². The minimum Gasteiger partial charge on any atom is -0.346 e. The van der Waals surface area contributed by atoms with Crippen molar-refractivity contribution in [3.8, 4) is 0 Å². The summed E-state index contributed by atoms with van der Waals surface area (Å²) in [6, 6.07) is 3.40. The number of aromatic nitrogens is 1. The number of hydrogen-bond donors (Lipinski definition) is 1. The fourth-order valence-corrected chi connectivity index (χ4v) is 1.08. The third-order valence-corrected chi connectivity index (χ3v) is 3.52. The average Bonchev–Trinajstić information content (AvgIpc) is 2.18. The number of nitrogens with zero attached hydrogens (tertiary/aromatic N) is 1. The van der Waals surface area contributed by atoms with Crippen LogP contribution in [0.2, 0.25) is 0 Å². The van der Waals surface area contributed by atoms with Gasteiger partial charge in [-0.25, -0.2) is 0 Å². The molecule has 15 heavy (non-hydrogen) atoms. The van der Waals surface area contributed by atoms with E-state index in [9.17, 15) is 4.79 Å². The zero-order valence-corrected chi connectivity index (χ0v) is 10.7. The molecule has 0 fully saturated rings. The molecule has 1 rings (SSSR count). The summed E-state index contributed by atoms with van der Waals surface area (Å²) in [7, 11) is 0. The highest BCUT2D eigenvalue weighted by Crippen LogP contribution is 2.17. The number of amides is 1. The van der Waals surface area contributed by atoms with E-state index in [2.05, 4.69) is 26.2 Å². The molecule has 0 saturated carbocycles. The average molecular weight is 271 g/mol. The molecule has 0 saturated heterocycles. The molecule has 1 amide bonds. The van der Waals surface area contributed by atoms with Crippen LogP contribution in [0.1, 0.15) is 31.1 Å². The third kappa shape index (κ3) is 3.30. The Morgan fingerprint density at radius 1 is 1.47 bits per heavy atom. The van der Waals surface area contributed by atoms with Crippen molar-refractivity contribution in [2.75, 3.05) is 0 Å². The number of nitrogens with one attached hydrogen (secondary N) is 1. The van der Waals surface area contributed by atoms with Crippen LogP contribution >= 0.6 is 15.9 Å². The van der Waals surface area contributed by atoms with Gasteiger partial charge in [0.15, 0.2) is 0 Å². The molecule has 1 aromatic rings. The van der Waals surface area contributed by atoms with E-state index in [1.165, 1.54) is 0 Å². The predicted octanol–water partition coefficient (Wildman–Crippen LogP) is 2.37. The monoisotopic (exact) mass is 270 g/mol. The Labute approximate surface area is 98.4 Å². The summed E-state index contributed by atoms with van der Waals surface area (Å²) in [4.78, 5) is 15.9. The molecule has 3 nitrogen and oxygen atoms in total. The molecule has 82 valence electrons. The van der Waals surface area contributed by atoms with Crippen LogP contribution < -0.4 is 5.32 Å². The van der Waals surface area contributed by atoms with Gasteiger partial charge in [-0.05, 0) is 26.0 Å². The van der Waals surface area contributed by atoms with E-state index in [1.54, 1.807) is 24.5 Å². The van der Waals surface area contributed by atoms with Gasteiger partial charge in [0.25, 0.3) is 5.91 Å². The molecule has 0 aliphatic rings. The lowest BCUT2D eigenvalue weighted by atomic mass is 10.0. The number of halogens is 1. The Bertz CT molecular complexity index is 336. The maximum atomic E-state index is 11.8. The zero-order chi connectivity index (χ0) is 11.5. The van der Waals surface area contributed by atoms with Gasteiger partial charge in [0, 0.05) is 28.3 Å². The second kappa shape index (κ2) is 4.75. The van der Waals surface area contributed by atoms with Crippen LogP contribution in [0.4, 0.5) is 0 Å². The fraction of sp³-hybridized carbons (Fsp3) is 0.455. The first kappa shape index (κ1) is 12.2. The largest absolute Gasteiger partial charge is 0.346 e. The Morgan fingerprint density at radius 2 is 2.00 bits per heavy atom. The topological polar surface area (TPSA) is 42.0 Å². The molecule has 0 spiro atoms. The van der Waals surface area contributed by atoms with Gasteiger partial charge in [-0.2, -0.15) is 0 Å². The first-order valence-electron chi connectivity index (χ1n) is 4.80. The van der Waals surface area contributed by atoms with E-state index in [-0.39, 0.29) is 16.3 Å². The molecule has 0 aliphatic carbocycles. The van der Waals surface area contributed by atoms with Crippen molar-refractivity contribution in [3.63, 3.8) is 0 Å². The molecule has 0 bridgehead atoms. The number of carbonyl (C=O) groups is 1. The molecule has 0 radical (unpaired) electrons. The van der Waals surface area contributed by atoms with E-state index in [0.29, 0.717) is 5.56 Å². The standard InChI is InChI=1S/C11H15BrN2O/c1-8(12)11(2,3)14-10(15)9-4-6-13-7-5-9/h4-8H,1-3H3,(H,14,15). The van der Waals surface area contributed by atoms with Gasteiger partial charge in [0.05, 0.1) is 0 Å². The SMILES string of the molecule is CC(Br)C(C)(C)NC(=O)c1ccncc1. The molecule has 1 N–H and O–H groups in total. The summed E-state index contributed by atoms with van der Waals surface area (Å²) in [6.07, 6.45) is 3.22. The first-order valence-corrected chi connectivity index (χ1v) is 5.71. The minimum absolute atomic E-state index is 0.0753. The lowest BCUT2D eigenvalue weighted by Crippen LogP contribution is -2.48. The van der Waals surface area contributed by atoms with Crippen molar-refractivity contribution >= 4 is 21.8 Å². The molecule has 0 aromatic carbocycles. The summed E-state index contributed by atoms with van der Waals surface area (Å²) >= 11 is 3.47. The van der Waals surface area contributed by atoms with Crippen LogP contribution in [0.25, 0.3) is 0 Å². The molecule has 1 unspecified atom stereocenters. The van der Waals surface area contributed by atoms with Crippen molar-refractivity contribution < 1.29 is 4.79 Å². The number of hydrogen-bond acceptors (Lipinski definition) is 2. The Hall–Kier alpha value is -0.900. The van der Waals surface area contributed by atoms with Gasteiger partial charge in [-0.1, -0.05) is 22.9 Å². The molecule has 1 heterocycles.